The molecule has 0 bridgehead atoms. The first-order chi connectivity index (χ1) is 20.6. The minimum absolute atomic E-state index is 0.0287. The maximum Gasteiger partial charge on any atom is 0.252 e. The van der Waals surface area contributed by atoms with Crippen LogP contribution in [0, 0.1) is 5.92 Å². The Kier molecular flexibility index (Phi) is 9.40. The van der Waals surface area contributed by atoms with Gasteiger partial charge in [0.25, 0.3) is 5.91 Å². The highest BCUT2D eigenvalue weighted by atomic mass is 16.5. The van der Waals surface area contributed by atoms with Gasteiger partial charge in [0, 0.05) is 41.2 Å². The monoisotopic (exact) mass is 568 g/mol. The minimum Gasteiger partial charge on any atom is -0.497 e. The van der Waals surface area contributed by atoms with E-state index < -0.39 is 0 Å². The van der Waals surface area contributed by atoms with Crippen LogP contribution < -0.4 is 10.1 Å². The van der Waals surface area contributed by atoms with E-state index in [4.69, 9.17) is 9.72 Å². The Morgan fingerprint density at radius 1 is 0.929 bits per heavy atom. The molecular weight excluding hydrogens is 520 g/mol. The van der Waals surface area contributed by atoms with E-state index in [1.54, 1.807) is 7.11 Å². The third-order valence-electron chi connectivity index (χ3n) is 10.1. The van der Waals surface area contributed by atoms with Crippen LogP contribution in [0.25, 0.3) is 22.2 Å². The number of piperidine rings is 2. The summed E-state index contributed by atoms with van der Waals surface area (Å²) in [5.74, 6) is 1.33. The summed E-state index contributed by atoms with van der Waals surface area (Å²) in [6.07, 6.45) is 12.7. The predicted octanol–water partition coefficient (Wildman–Crippen LogP) is 7.06. The van der Waals surface area contributed by atoms with Crippen LogP contribution in [0.2, 0.25) is 0 Å². The largest absolute Gasteiger partial charge is 0.497 e. The van der Waals surface area contributed by atoms with Gasteiger partial charge < -0.3 is 15.0 Å². The van der Waals surface area contributed by atoms with Crippen LogP contribution >= 0.6 is 0 Å². The maximum absolute atomic E-state index is 14.4. The molecule has 2 aromatic carbocycles. The van der Waals surface area contributed by atoms with Gasteiger partial charge in [-0.1, -0.05) is 56.0 Å². The number of carbonyl (C=O) groups excluding carboxylic acids is 1. The Balaban J connectivity index is 1.36. The third-order valence-corrected chi connectivity index (χ3v) is 10.1. The molecule has 1 saturated carbocycles. The molecule has 3 heterocycles. The fourth-order valence-electron chi connectivity index (χ4n) is 7.64. The van der Waals surface area contributed by atoms with Gasteiger partial charge in [-0.2, -0.15) is 0 Å². The standard InChI is InChI=1S/C36H48N4O2/c1-26(27-12-6-3-7-13-27)37-36(41)34-31-17-16-30(42-2)24-33(31)38-35(28-14-8-4-9-15-28)32(34)25-39-22-18-29(19-23-39)40-20-10-5-11-21-40/h4,8-9,14-17,24,26-27,29H,3,5-7,10-13,18-23,25H2,1-2H3,(H,37,41)/t26-/m0/s1. The van der Waals surface area contributed by atoms with E-state index in [1.165, 1.54) is 77.3 Å². The number of nitrogens with zero attached hydrogens (tertiary/aromatic N) is 3. The molecule has 1 amide bonds. The summed E-state index contributed by atoms with van der Waals surface area (Å²) in [4.78, 5) is 24.9. The Hall–Kier alpha value is -2.96. The molecule has 3 aromatic rings. The van der Waals surface area contributed by atoms with Crippen LogP contribution in [0.1, 0.15) is 87.1 Å². The second-order valence-electron chi connectivity index (χ2n) is 12.8. The topological polar surface area (TPSA) is 57.7 Å². The number of carbonyl (C=O) groups is 1. The number of amides is 1. The number of nitrogens with one attached hydrogen (secondary N) is 1. The average Bonchev–Trinajstić information content (AvgIpc) is 3.05. The van der Waals surface area contributed by atoms with Crippen LogP contribution in [-0.2, 0) is 6.54 Å². The molecule has 0 unspecified atom stereocenters. The molecule has 6 nitrogen and oxygen atoms in total. The molecule has 2 aliphatic heterocycles. The molecule has 1 aromatic heterocycles. The first-order valence-electron chi connectivity index (χ1n) is 16.4. The zero-order valence-electron chi connectivity index (χ0n) is 25.6. The molecule has 6 rings (SSSR count). The number of fused-ring (bicyclic) bond motifs is 1. The van der Waals surface area contributed by atoms with Gasteiger partial charge in [0.2, 0.25) is 0 Å². The molecule has 0 spiro atoms. The zero-order valence-corrected chi connectivity index (χ0v) is 25.6. The summed E-state index contributed by atoms with van der Waals surface area (Å²) in [6, 6.07) is 17.2. The highest BCUT2D eigenvalue weighted by molar-refractivity contribution is 6.09. The summed E-state index contributed by atoms with van der Waals surface area (Å²) < 4.78 is 5.57. The number of aromatic nitrogens is 1. The Bertz CT molecular complexity index is 1340. The number of rotatable bonds is 8. The second kappa shape index (κ2) is 13.6. The average molecular weight is 569 g/mol. The highest BCUT2D eigenvalue weighted by Crippen LogP contribution is 2.35. The van der Waals surface area contributed by atoms with Gasteiger partial charge >= 0.3 is 0 Å². The van der Waals surface area contributed by atoms with Crippen molar-refractivity contribution >= 4 is 16.8 Å². The molecular formula is C36H48N4O2. The maximum atomic E-state index is 14.4. The van der Waals surface area contributed by atoms with Gasteiger partial charge in [0.15, 0.2) is 0 Å². The predicted molar refractivity (Wildman–Crippen MR) is 171 cm³/mol. The molecule has 2 saturated heterocycles. The van der Waals surface area contributed by atoms with Gasteiger partial charge in [-0.3, -0.25) is 9.69 Å². The Labute approximate surface area is 251 Å². The number of hydrogen-bond acceptors (Lipinski definition) is 5. The van der Waals surface area contributed by atoms with Crippen molar-refractivity contribution in [3.05, 3.63) is 59.7 Å². The minimum atomic E-state index is 0.0287. The number of methoxy groups -OCH3 is 1. The first kappa shape index (κ1) is 29.1. The smallest absolute Gasteiger partial charge is 0.252 e. The molecule has 224 valence electrons. The van der Waals surface area contributed by atoms with E-state index in [0.717, 1.165) is 58.7 Å². The number of pyridine rings is 1. The molecule has 42 heavy (non-hydrogen) atoms. The van der Waals surface area contributed by atoms with Crippen molar-refractivity contribution in [1.82, 2.24) is 20.1 Å². The van der Waals surface area contributed by atoms with Crippen molar-refractivity contribution in [3.63, 3.8) is 0 Å². The van der Waals surface area contributed by atoms with Crippen molar-refractivity contribution in [2.75, 3.05) is 33.3 Å². The van der Waals surface area contributed by atoms with Crippen molar-refractivity contribution in [1.29, 1.82) is 0 Å². The summed E-state index contributed by atoms with van der Waals surface area (Å²) in [5.41, 5.74) is 4.59. The van der Waals surface area contributed by atoms with E-state index in [2.05, 4.69) is 46.3 Å². The van der Waals surface area contributed by atoms with Crippen molar-refractivity contribution in [2.24, 2.45) is 5.92 Å². The Morgan fingerprint density at radius 3 is 2.36 bits per heavy atom. The van der Waals surface area contributed by atoms with Gasteiger partial charge in [-0.25, -0.2) is 4.98 Å². The quantitative estimate of drug-likeness (QED) is 0.315. The van der Waals surface area contributed by atoms with E-state index >= 15 is 0 Å². The highest BCUT2D eigenvalue weighted by Gasteiger charge is 2.30. The number of ether oxygens (including phenoxy) is 1. The summed E-state index contributed by atoms with van der Waals surface area (Å²) in [5, 5.41) is 4.37. The summed E-state index contributed by atoms with van der Waals surface area (Å²) in [7, 11) is 1.68. The fourth-order valence-corrected chi connectivity index (χ4v) is 7.64. The fraction of sp³-hybridized carbons (Fsp3) is 0.556. The van der Waals surface area contributed by atoms with E-state index in [-0.39, 0.29) is 11.9 Å². The van der Waals surface area contributed by atoms with Crippen LogP contribution in [-0.4, -0.2) is 66.1 Å². The molecule has 3 aliphatic rings. The summed E-state index contributed by atoms with van der Waals surface area (Å²) in [6.45, 7) is 7.54. The van der Waals surface area contributed by atoms with Crippen molar-refractivity contribution in [3.8, 4) is 17.0 Å². The molecule has 0 radical (unpaired) electrons. The lowest BCUT2D eigenvalue weighted by atomic mass is 9.84. The molecule has 1 N–H and O–H groups in total. The normalized spacial score (nSPS) is 20.4. The Morgan fingerprint density at radius 2 is 1.64 bits per heavy atom. The van der Waals surface area contributed by atoms with Crippen LogP contribution in [0.4, 0.5) is 0 Å². The van der Waals surface area contributed by atoms with Gasteiger partial charge in [-0.05, 0) is 89.7 Å². The van der Waals surface area contributed by atoms with E-state index in [1.807, 2.05) is 24.3 Å². The number of benzene rings is 2. The molecule has 1 atom stereocenters. The SMILES string of the molecule is COc1ccc2c(C(=O)N[C@@H](C)C3CCCCC3)c(CN3CCC(N4CCCCC4)CC3)c(-c3ccccc3)nc2c1. The van der Waals surface area contributed by atoms with Gasteiger partial charge in [0.05, 0.1) is 23.9 Å². The van der Waals surface area contributed by atoms with Gasteiger partial charge in [0.1, 0.15) is 5.75 Å². The molecule has 1 aliphatic carbocycles. The first-order valence-corrected chi connectivity index (χ1v) is 16.4. The lowest BCUT2D eigenvalue weighted by molar-refractivity contribution is 0.0878. The number of likely N-dealkylation sites (tertiary alicyclic amines) is 2. The second-order valence-corrected chi connectivity index (χ2v) is 12.8. The van der Waals surface area contributed by atoms with E-state index in [0.29, 0.717) is 12.0 Å². The van der Waals surface area contributed by atoms with Crippen molar-refractivity contribution in [2.45, 2.75) is 89.8 Å². The zero-order chi connectivity index (χ0) is 28.9. The van der Waals surface area contributed by atoms with Gasteiger partial charge in [-0.15, -0.1) is 0 Å². The van der Waals surface area contributed by atoms with Crippen LogP contribution in [0.3, 0.4) is 0 Å². The van der Waals surface area contributed by atoms with Crippen molar-refractivity contribution < 1.29 is 9.53 Å². The third kappa shape index (κ3) is 6.50. The van der Waals surface area contributed by atoms with E-state index in [9.17, 15) is 4.79 Å². The molecule has 6 heteroatoms. The number of hydrogen-bond donors (Lipinski definition) is 1. The molecule has 3 fully saturated rings. The lowest BCUT2D eigenvalue weighted by Gasteiger charge is -2.40. The summed E-state index contributed by atoms with van der Waals surface area (Å²) >= 11 is 0. The van der Waals surface area contributed by atoms with Crippen LogP contribution in [0.15, 0.2) is 48.5 Å². The lowest BCUT2D eigenvalue weighted by Crippen LogP contribution is -2.46. The van der Waals surface area contributed by atoms with Crippen LogP contribution in [0.5, 0.6) is 5.75 Å².